The minimum Gasteiger partial charge on any atom is -0.376 e. The van der Waals surface area contributed by atoms with Crippen LogP contribution in [0.4, 0.5) is 5.69 Å². The Morgan fingerprint density at radius 2 is 1.78 bits per heavy atom. The van der Waals surface area contributed by atoms with Gasteiger partial charge in [0.15, 0.2) is 0 Å². The first-order chi connectivity index (χ1) is 15.6. The van der Waals surface area contributed by atoms with Crippen LogP contribution >= 0.6 is 0 Å². The number of nitrogens with one attached hydrogen (secondary N) is 1. The summed E-state index contributed by atoms with van der Waals surface area (Å²) in [4.78, 5) is 13.5. The zero-order valence-electron chi connectivity index (χ0n) is 18.4. The van der Waals surface area contributed by atoms with Gasteiger partial charge in [-0.05, 0) is 67.8 Å². The fraction of sp³-hybridized carbons (Fsp3) is 0.192. The molecule has 1 atom stereocenters. The highest BCUT2D eigenvalue weighted by atomic mass is 15.1. The molecule has 4 heterocycles. The largest absolute Gasteiger partial charge is 0.376 e. The lowest BCUT2D eigenvalue weighted by Gasteiger charge is -2.19. The summed E-state index contributed by atoms with van der Waals surface area (Å²) < 4.78 is 4.38. The van der Waals surface area contributed by atoms with Crippen LogP contribution in [0.25, 0.3) is 22.4 Å². The van der Waals surface area contributed by atoms with Crippen LogP contribution < -0.4 is 5.32 Å². The monoisotopic (exact) mass is 420 g/mol. The van der Waals surface area contributed by atoms with E-state index >= 15 is 0 Å². The lowest BCUT2D eigenvalue weighted by molar-refractivity contribution is 0.736. The van der Waals surface area contributed by atoms with Crippen molar-refractivity contribution in [3.8, 4) is 11.4 Å². The summed E-state index contributed by atoms with van der Waals surface area (Å²) in [6, 6.07) is 15.4. The molecule has 5 aromatic rings. The predicted octanol–water partition coefficient (Wildman–Crippen LogP) is 5.24. The van der Waals surface area contributed by atoms with Crippen LogP contribution in [0.1, 0.15) is 34.4 Å². The Labute approximate surface area is 186 Å². The normalized spacial score (nSPS) is 15.2. The molecule has 3 aromatic heterocycles. The zero-order chi connectivity index (χ0) is 21.8. The second-order valence-electron chi connectivity index (χ2n) is 8.52. The molecule has 0 saturated heterocycles. The van der Waals surface area contributed by atoms with Crippen molar-refractivity contribution in [2.24, 2.45) is 0 Å². The Morgan fingerprint density at radius 3 is 2.62 bits per heavy atom. The second kappa shape index (κ2) is 7.05. The molecule has 0 radical (unpaired) electrons. The number of imidazole rings is 2. The molecular formula is C26H24N6. The third kappa shape index (κ3) is 2.91. The van der Waals surface area contributed by atoms with Crippen molar-refractivity contribution in [2.45, 2.75) is 33.2 Å². The van der Waals surface area contributed by atoms with Gasteiger partial charge in [0.2, 0.25) is 0 Å². The van der Waals surface area contributed by atoms with E-state index < -0.39 is 0 Å². The van der Waals surface area contributed by atoms with E-state index in [1.807, 2.05) is 31.6 Å². The number of benzene rings is 2. The molecule has 32 heavy (non-hydrogen) atoms. The minimum atomic E-state index is 0.137. The first kappa shape index (κ1) is 18.8. The standard InChI is InChI=1S/C26H24N6/c1-16-12-22-25(13-17(16)2)31-11-10-28-26(31)14-21(30-22)19-4-6-20(7-5-19)32-18(3)29-23-15-27-9-8-24(23)32/h4-13,15,21,30H,14H2,1-3H3. The van der Waals surface area contributed by atoms with Gasteiger partial charge in [-0.25, -0.2) is 9.97 Å². The smallest absolute Gasteiger partial charge is 0.115 e. The molecule has 1 N–H and O–H groups in total. The average molecular weight is 421 g/mol. The first-order valence-electron chi connectivity index (χ1n) is 10.9. The van der Waals surface area contributed by atoms with E-state index in [9.17, 15) is 0 Å². The molecule has 0 bridgehead atoms. The molecule has 2 aromatic carbocycles. The maximum atomic E-state index is 4.65. The van der Waals surface area contributed by atoms with Gasteiger partial charge in [0.05, 0.1) is 29.1 Å². The van der Waals surface area contributed by atoms with E-state index in [1.54, 1.807) is 0 Å². The Hall–Kier alpha value is -3.93. The van der Waals surface area contributed by atoms with Crippen molar-refractivity contribution in [3.05, 3.63) is 95.6 Å². The minimum absolute atomic E-state index is 0.137. The molecule has 0 aliphatic carbocycles. The maximum absolute atomic E-state index is 4.65. The summed E-state index contributed by atoms with van der Waals surface area (Å²) in [6.45, 7) is 6.35. The van der Waals surface area contributed by atoms with Crippen molar-refractivity contribution >= 4 is 16.7 Å². The fourth-order valence-corrected chi connectivity index (χ4v) is 4.68. The number of rotatable bonds is 2. The van der Waals surface area contributed by atoms with Gasteiger partial charge in [-0.2, -0.15) is 0 Å². The molecule has 1 aliphatic rings. The number of hydrogen-bond acceptors (Lipinski definition) is 4. The van der Waals surface area contributed by atoms with E-state index in [0.717, 1.165) is 46.2 Å². The van der Waals surface area contributed by atoms with Crippen LogP contribution in [-0.2, 0) is 6.42 Å². The van der Waals surface area contributed by atoms with Gasteiger partial charge < -0.3 is 9.88 Å². The van der Waals surface area contributed by atoms with Crippen molar-refractivity contribution in [1.29, 1.82) is 0 Å². The van der Waals surface area contributed by atoms with Gasteiger partial charge in [-0.1, -0.05) is 12.1 Å². The highest BCUT2D eigenvalue weighted by Gasteiger charge is 2.23. The van der Waals surface area contributed by atoms with Gasteiger partial charge in [-0.15, -0.1) is 0 Å². The SMILES string of the molecule is Cc1cc2c(cc1C)-n1ccnc1CC(c1ccc(-n3c(C)nc4cnccc43)cc1)N2. The second-order valence-corrected chi connectivity index (χ2v) is 8.52. The lowest BCUT2D eigenvalue weighted by Crippen LogP contribution is -2.13. The number of anilines is 1. The number of pyridine rings is 1. The zero-order valence-corrected chi connectivity index (χ0v) is 18.4. The van der Waals surface area contributed by atoms with Gasteiger partial charge >= 0.3 is 0 Å². The Morgan fingerprint density at radius 1 is 0.969 bits per heavy atom. The van der Waals surface area contributed by atoms with Crippen molar-refractivity contribution < 1.29 is 0 Å². The molecule has 6 rings (SSSR count). The number of aryl methyl sites for hydroxylation is 3. The number of nitrogens with zero attached hydrogens (tertiary/aromatic N) is 5. The Bertz CT molecular complexity index is 1460. The van der Waals surface area contributed by atoms with Crippen LogP contribution in [0.5, 0.6) is 0 Å². The molecule has 6 nitrogen and oxygen atoms in total. The van der Waals surface area contributed by atoms with Gasteiger partial charge in [0.25, 0.3) is 0 Å². The van der Waals surface area contributed by atoms with Crippen molar-refractivity contribution in [1.82, 2.24) is 24.1 Å². The molecule has 0 spiro atoms. The lowest BCUT2D eigenvalue weighted by atomic mass is 10.0. The highest BCUT2D eigenvalue weighted by Crippen LogP contribution is 2.34. The van der Waals surface area contributed by atoms with E-state index in [2.05, 4.69) is 85.8 Å². The maximum Gasteiger partial charge on any atom is 0.115 e. The third-order valence-corrected chi connectivity index (χ3v) is 6.48. The highest BCUT2D eigenvalue weighted by molar-refractivity contribution is 5.77. The molecule has 6 heteroatoms. The summed E-state index contributed by atoms with van der Waals surface area (Å²) >= 11 is 0. The topological polar surface area (TPSA) is 60.6 Å². The van der Waals surface area contributed by atoms with Gasteiger partial charge in [0, 0.05) is 30.7 Å². The average Bonchev–Trinajstić information content (AvgIpc) is 3.35. The quantitative estimate of drug-likeness (QED) is 0.424. The first-order valence-corrected chi connectivity index (χ1v) is 10.9. The summed E-state index contributed by atoms with van der Waals surface area (Å²) in [5.74, 6) is 2.02. The summed E-state index contributed by atoms with van der Waals surface area (Å²) in [6.07, 6.45) is 8.39. The van der Waals surface area contributed by atoms with Crippen LogP contribution in [-0.4, -0.2) is 24.1 Å². The van der Waals surface area contributed by atoms with Crippen molar-refractivity contribution in [3.63, 3.8) is 0 Å². The Kier molecular flexibility index (Phi) is 4.15. The summed E-state index contributed by atoms with van der Waals surface area (Å²) in [5, 5.41) is 3.78. The van der Waals surface area contributed by atoms with Gasteiger partial charge in [0.1, 0.15) is 17.2 Å². The number of fused-ring (bicyclic) bond motifs is 4. The van der Waals surface area contributed by atoms with E-state index in [-0.39, 0.29) is 6.04 Å². The Balaban J connectivity index is 1.40. The van der Waals surface area contributed by atoms with E-state index in [4.69, 9.17) is 0 Å². The van der Waals surface area contributed by atoms with Crippen LogP contribution in [0, 0.1) is 20.8 Å². The third-order valence-electron chi connectivity index (χ3n) is 6.48. The summed E-state index contributed by atoms with van der Waals surface area (Å²) in [5.41, 5.74) is 9.18. The number of aromatic nitrogens is 5. The van der Waals surface area contributed by atoms with Crippen molar-refractivity contribution in [2.75, 3.05) is 5.32 Å². The predicted molar refractivity (Wildman–Crippen MR) is 127 cm³/mol. The molecule has 1 aliphatic heterocycles. The molecule has 0 fully saturated rings. The molecular weight excluding hydrogens is 396 g/mol. The number of hydrogen-bond donors (Lipinski definition) is 1. The molecule has 158 valence electrons. The van der Waals surface area contributed by atoms with Gasteiger partial charge in [-0.3, -0.25) is 9.55 Å². The summed E-state index contributed by atoms with van der Waals surface area (Å²) in [7, 11) is 0. The van der Waals surface area contributed by atoms with Crippen LogP contribution in [0.2, 0.25) is 0 Å². The molecule has 0 saturated carbocycles. The van der Waals surface area contributed by atoms with Crippen LogP contribution in [0.3, 0.4) is 0 Å². The van der Waals surface area contributed by atoms with E-state index in [0.29, 0.717) is 0 Å². The van der Waals surface area contributed by atoms with E-state index in [1.165, 1.54) is 16.7 Å². The van der Waals surface area contributed by atoms with Crippen LogP contribution in [0.15, 0.2) is 67.3 Å². The molecule has 1 unspecified atom stereocenters. The molecule has 0 amide bonds. The fourth-order valence-electron chi connectivity index (χ4n) is 4.68.